The molecular weight excluding hydrogens is 420 g/mol. The van der Waals surface area contributed by atoms with Crippen LogP contribution in [0.5, 0.6) is 5.75 Å². The van der Waals surface area contributed by atoms with Crippen molar-refractivity contribution in [3.05, 3.63) is 37.2 Å². The lowest BCUT2D eigenvalue weighted by Gasteiger charge is -2.15. The Labute approximate surface area is 145 Å². The zero-order chi connectivity index (χ0) is 15.4. The predicted molar refractivity (Wildman–Crippen MR) is 92.8 cm³/mol. The van der Waals surface area contributed by atoms with Gasteiger partial charge in [-0.2, -0.15) is 5.10 Å². The number of aryl methyl sites for hydroxylation is 1. The number of H-pyrrole nitrogens is 1. The molecule has 114 valence electrons. The van der Waals surface area contributed by atoms with Crippen LogP contribution in [0.2, 0.25) is 0 Å². The second-order valence-electron chi connectivity index (χ2n) is 4.47. The number of ether oxygens (including phenoxy) is 1. The van der Waals surface area contributed by atoms with Crippen LogP contribution in [-0.4, -0.2) is 21.5 Å². The summed E-state index contributed by atoms with van der Waals surface area (Å²) in [6.07, 6.45) is 0.960. The molecule has 2 rings (SSSR count). The maximum absolute atomic E-state index is 5.84. The highest BCUT2D eigenvalue weighted by molar-refractivity contribution is 9.11. The van der Waals surface area contributed by atoms with E-state index in [1.807, 2.05) is 19.1 Å². The molecule has 5 nitrogen and oxygen atoms in total. The molecule has 0 fully saturated rings. The van der Waals surface area contributed by atoms with Crippen molar-refractivity contribution in [2.45, 2.75) is 26.8 Å². The fourth-order valence-electron chi connectivity index (χ4n) is 1.84. The summed E-state index contributed by atoms with van der Waals surface area (Å²) in [6.45, 7) is 5.21. The van der Waals surface area contributed by atoms with E-state index in [9.17, 15) is 0 Å². The minimum atomic E-state index is 0.539. The van der Waals surface area contributed by atoms with Crippen LogP contribution in [0.25, 0.3) is 0 Å². The lowest BCUT2D eigenvalue weighted by molar-refractivity contribution is 0.312. The molecule has 0 aliphatic rings. The third kappa shape index (κ3) is 4.08. The van der Waals surface area contributed by atoms with Gasteiger partial charge in [0.2, 0.25) is 4.77 Å². The summed E-state index contributed by atoms with van der Waals surface area (Å²) in [6, 6.07) is 4.00. The van der Waals surface area contributed by atoms with Crippen molar-refractivity contribution in [3.63, 3.8) is 0 Å². The minimum absolute atomic E-state index is 0.539. The van der Waals surface area contributed by atoms with E-state index in [0.717, 1.165) is 32.5 Å². The van der Waals surface area contributed by atoms with Crippen LogP contribution in [0.3, 0.4) is 0 Å². The highest BCUT2D eigenvalue weighted by Gasteiger charge is 2.11. The van der Waals surface area contributed by atoms with Crippen molar-refractivity contribution in [2.75, 3.05) is 12.0 Å². The number of nitrogens with zero attached hydrogens (tertiary/aromatic N) is 2. The Morgan fingerprint density at radius 3 is 2.81 bits per heavy atom. The van der Waals surface area contributed by atoms with Crippen molar-refractivity contribution >= 4 is 44.1 Å². The van der Waals surface area contributed by atoms with Crippen LogP contribution >= 0.6 is 44.1 Å². The van der Waals surface area contributed by atoms with Gasteiger partial charge in [-0.25, -0.2) is 4.68 Å². The van der Waals surface area contributed by atoms with Gasteiger partial charge in [-0.3, -0.25) is 5.10 Å². The summed E-state index contributed by atoms with van der Waals surface area (Å²) in [4.78, 5) is 0. The molecule has 0 saturated heterocycles. The predicted octanol–water partition coefficient (Wildman–Crippen LogP) is 4.31. The Kier molecular flexibility index (Phi) is 5.83. The monoisotopic (exact) mass is 434 g/mol. The molecule has 0 spiro atoms. The van der Waals surface area contributed by atoms with Gasteiger partial charge in [-0.1, -0.05) is 22.9 Å². The quantitative estimate of drug-likeness (QED) is 0.664. The third-order valence-corrected chi connectivity index (χ3v) is 4.12. The topological polar surface area (TPSA) is 54.9 Å². The second kappa shape index (κ2) is 7.42. The fourth-order valence-corrected chi connectivity index (χ4v) is 3.51. The normalized spacial score (nSPS) is 10.7. The van der Waals surface area contributed by atoms with Gasteiger partial charge in [-0.15, -0.1) is 0 Å². The highest BCUT2D eigenvalue weighted by Crippen LogP contribution is 2.33. The van der Waals surface area contributed by atoms with E-state index in [0.29, 0.717) is 17.9 Å². The standard InChI is InChI=1S/C13H16Br2N4OS/c1-3-4-20-12-9(5-10(14)6-11(12)15)7-16-19-8(2)17-18-13(19)21/h5-6,16H,3-4,7H2,1-2H3,(H,18,21). The van der Waals surface area contributed by atoms with Crippen LogP contribution in [0.15, 0.2) is 21.1 Å². The van der Waals surface area contributed by atoms with Crippen molar-refractivity contribution in [1.82, 2.24) is 14.9 Å². The van der Waals surface area contributed by atoms with E-state index in [1.165, 1.54) is 0 Å². The van der Waals surface area contributed by atoms with E-state index >= 15 is 0 Å². The van der Waals surface area contributed by atoms with Crippen LogP contribution in [0.4, 0.5) is 0 Å². The Morgan fingerprint density at radius 2 is 2.19 bits per heavy atom. The first-order chi connectivity index (χ1) is 10.0. The maximum Gasteiger partial charge on any atom is 0.214 e. The lowest BCUT2D eigenvalue weighted by Crippen LogP contribution is -2.17. The number of hydrogen-bond acceptors (Lipinski definition) is 4. The number of aromatic amines is 1. The molecule has 1 heterocycles. The lowest BCUT2D eigenvalue weighted by atomic mass is 10.2. The number of aromatic nitrogens is 3. The average molecular weight is 436 g/mol. The summed E-state index contributed by atoms with van der Waals surface area (Å²) in [5.41, 5.74) is 4.28. The van der Waals surface area contributed by atoms with Crippen LogP contribution in [0.1, 0.15) is 24.7 Å². The van der Waals surface area contributed by atoms with Crippen molar-refractivity contribution in [1.29, 1.82) is 0 Å². The first-order valence-corrected chi connectivity index (χ1v) is 8.51. The zero-order valence-corrected chi connectivity index (χ0v) is 15.7. The van der Waals surface area contributed by atoms with Gasteiger partial charge in [0.25, 0.3) is 0 Å². The zero-order valence-electron chi connectivity index (χ0n) is 11.7. The van der Waals surface area contributed by atoms with Gasteiger partial charge >= 0.3 is 0 Å². The number of halogens is 2. The van der Waals surface area contributed by atoms with Crippen LogP contribution in [-0.2, 0) is 6.54 Å². The van der Waals surface area contributed by atoms with Gasteiger partial charge in [0.15, 0.2) is 0 Å². The number of nitrogens with one attached hydrogen (secondary N) is 2. The van der Waals surface area contributed by atoms with Crippen molar-refractivity contribution in [3.8, 4) is 5.75 Å². The molecule has 0 saturated carbocycles. The Bertz CT molecular complexity index is 683. The Balaban J connectivity index is 2.24. The summed E-state index contributed by atoms with van der Waals surface area (Å²) in [7, 11) is 0. The van der Waals surface area contributed by atoms with E-state index in [-0.39, 0.29) is 0 Å². The van der Waals surface area contributed by atoms with Gasteiger partial charge in [0.05, 0.1) is 17.6 Å². The molecule has 1 aromatic carbocycles. The van der Waals surface area contributed by atoms with Gasteiger partial charge in [0, 0.05) is 10.0 Å². The van der Waals surface area contributed by atoms with Gasteiger partial charge in [-0.05, 0) is 53.6 Å². The Hall–Kier alpha value is -0.860. The van der Waals surface area contributed by atoms with Crippen LogP contribution in [0, 0.1) is 11.7 Å². The molecule has 0 radical (unpaired) electrons. The summed E-state index contributed by atoms with van der Waals surface area (Å²) >= 11 is 12.2. The molecule has 2 aromatic rings. The third-order valence-electron chi connectivity index (χ3n) is 2.80. The summed E-state index contributed by atoms with van der Waals surface area (Å²) in [5.74, 6) is 1.63. The SMILES string of the molecule is CCCOc1c(Br)cc(Br)cc1CNn1c(C)n[nH]c1=S. The minimum Gasteiger partial charge on any atom is -0.492 e. The summed E-state index contributed by atoms with van der Waals surface area (Å²) in [5, 5.41) is 6.82. The highest BCUT2D eigenvalue weighted by atomic mass is 79.9. The number of benzene rings is 1. The molecule has 0 bridgehead atoms. The second-order valence-corrected chi connectivity index (χ2v) is 6.63. The molecule has 8 heteroatoms. The van der Waals surface area contributed by atoms with E-state index in [1.54, 1.807) is 4.68 Å². The molecule has 1 aromatic heterocycles. The van der Waals surface area contributed by atoms with Gasteiger partial charge in [0.1, 0.15) is 11.6 Å². The molecule has 0 amide bonds. The first-order valence-electron chi connectivity index (χ1n) is 6.51. The summed E-state index contributed by atoms with van der Waals surface area (Å²) < 4.78 is 10.0. The molecule has 0 atom stereocenters. The Morgan fingerprint density at radius 1 is 1.43 bits per heavy atom. The average Bonchev–Trinajstić information content (AvgIpc) is 2.74. The number of rotatable bonds is 6. The van der Waals surface area contributed by atoms with E-state index < -0.39 is 0 Å². The van der Waals surface area contributed by atoms with Crippen LogP contribution < -0.4 is 10.2 Å². The molecule has 0 aliphatic heterocycles. The largest absolute Gasteiger partial charge is 0.492 e. The maximum atomic E-state index is 5.84. The number of hydrogen-bond donors (Lipinski definition) is 2. The van der Waals surface area contributed by atoms with E-state index in [4.69, 9.17) is 17.0 Å². The van der Waals surface area contributed by atoms with Gasteiger partial charge < -0.3 is 10.2 Å². The first kappa shape index (κ1) is 16.5. The molecule has 0 unspecified atom stereocenters. The molecule has 0 aliphatic carbocycles. The fraction of sp³-hybridized carbons (Fsp3) is 0.385. The molecular formula is C13H16Br2N4OS. The molecule has 2 N–H and O–H groups in total. The molecule has 21 heavy (non-hydrogen) atoms. The van der Waals surface area contributed by atoms with Crippen molar-refractivity contribution < 1.29 is 4.74 Å². The smallest absolute Gasteiger partial charge is 0.214 e. The van der Waals surface area contributed by atoms with E-state index in [2.05, 4.69) is 54.4 Å². The van der Waals surface area contributed by atoms with Crippen molar-refractivity contribution in [2.24, 2.45) is 0 Å².